The van der Waals surface area contributed by atoms with Crippen molar-refractivity contribution in [1.82, 2.24) is 10.4 Å². The standard InChI is InChI=1S/C10H22N2O4/c1-3-12(14)5-7-16-9-8-15-6-4-11-10(2)13/h14H,3-9H2,1-2H3,(H,11,13). The quantitative estimate of drug-likeness (QED) is 0.407. The normalized spacial score (nSPS) is 10.8. The molecule has 1 amide bonds. The van der Waals surface area contributed by atoms with Crippen LogP contribution in [0, 0.1) is 0 Å². The number of ether oxygens (including phenoxy) is 2. The molecule has 0 radical (unpaired) electrons. The third-order valence-corrected chi connectivity index (χ3v) is 1.85. The topological polar surface area (TPSA) is 71.0 Å². The minimum atomic E-state index is -0.0533. The molecule has 0 saturated heterocycles. The van der Waals surface area contributed by atoms with Crippen molar-refractivity contribution in [3.63, 3.8) is 0 Å². The molecule has 0 aromatic heterocycles. The highest BCUT2D eigenvalue weighted by Crippen LogP contribution is 1.83. The fourth-order valence-corrected chi connectivity index (χ4v) is 0.949. The van der Waals surface area contributed by atoms with E-state index in [1.165, 1.54) is 12.0 Å². The highest BCUT2D eigenvalue weighted by atomic mass is 16.5. The van der Waals surface area contributed by atoms with E-state index in [2.05, 4.69) is 5.32 Å². The third-order valence-electron chi connectivity index (χ3n) is 1.85. The molecule has 0 aromatic carbocycles. The van der Waals surface area contributed by atoms with Crippen molar-refractivity contribution < 1.29 is 19.5 Å². The summed E-state index contributed by atoms with van der Waals surface area (Å²) in [4.78, 5) is 10.5. The van der Waals surface area contributed by atoms with Crippen molar-refractivity contribution in [2.75, 3.05) is 46.1 Å². The number of nitrogens with one attached hydrogen (secondary N) is 1. The average Bonchev–Trinajstić information content (AvgIpc) is 2.26. The van der Waals surface area contributed by atoms with E-state index in [4.69, 9.17) is 14.7 Å². The van der Waals surface area contributed by atoms with Crippen LogP contribution in [0.3, 0.4) is 0 Å². The Morgan fingerprint density at radius 2 is 1.88 bits per heavy atom. The zero-order valence-corrected chi connectivity index (χ0v) is 10.1. The van der Waals surface area contributed by atoms with Crippen LogP contribution >= 0.6 is 0 Å². The summed E-state index contributed by atoms with van der Waals surface area (Å²) in [6.45, 7) is 6.93. The largest absolute Gasteiger partial charge is 0.378 e. The van der Waals surface area contributed by atoms with E-state index in [9.17, 15) is 4.79 Å². The van der Waals surface area contributed by atoms with Crippen LogP contribution in [0.25, 0.3) is 0 Å². The van der Waals surface area contributed by atoms with E-state index in [-0.39, 0.29) is 5.91 Å². The van der Waals surface area contributed by atoms with Crippen molar-refractivity contribution in [2.45, 2.75) is 13.8 Å². The Kier molecular flexibility index (Phi) is 10.3. The Morgan fingerprint density at radius 3 is 2.44 bits per heavy atom. The van der Waals surface area contributed by atoms with Crippen LogP contribution in [0.4, 0.5) is 0 Å². The van der Waals surface area contributed by atoms with Gasteiger partial charge in [0.25, 0.3) is 0 Å². The molecule has 0 aliphatic carbocycles. The van der Waals surface area contributed by atoms with Crippen LogP contribution in [0.5, 0.6) is 0 Å². The van der Waals surface area contributed by atoms with Crippen molar-refractivity contribution in [3.8, 4) is 0 Å². The van der Waals surface area contributed by atoms with E-state index < -0.39 is 0 Å². The highest BCUT2D eigenvalue weighted by molar-refractivity contribution is 5.72. The van der Waals surface area contributed by atoms with E-state index in [0.29, 0.717) is 46.1 Å². The van der Waals surface area contributed by atoms with Crippen LogP contribution in [0.15, 0.2) is 0 Å². The number of nitrogens with zero attached hydrogens (tertiary/aromatic N) is 1. The summed E-state index contributed by atoms with van der Waals surface area (Å²) in [5, 5.41) is 12.9. The molecule has 0 spiro atoms. The molecule has 0 unspecified atom stereocenters. The maximum atomic E-state index is 10.5. The average molecular weight is 234 g/mol. The first-order valence-corrected chi connectivity index (χ1v) is 5.50. The SMILES string of the molecule is CCN(O)CCOCCOCCNC(C)=O. The lowest BCUT2D eigenvalue weighted by molar-refractivity contribution is -0.119. The number of amides is 1. The summed E-state index contributed by atoms with van der Waals surface area (Å²) in [6, 6.07) is 0. The monoisotopic (exact) mass is 234 g/mol. The van der Waals surface area contributed by atoms with Gasteiger partial charge in [-0.05, 0) is 0 Å². The van der Waals surface area contributed by atoms with Crippen LogP contribution < -0.4 is 5.32 Å². The maximum Gasteiger partial charge on any atom is 0.216 e. The summed E-state index contributed by atoms with van der Waals surface area (Å²) in [7, 11) is 0. The number of hydroxylamine groups is 2. The van der Waals surface area contributed by atoms with Crippen LogP contribution in [-0.4, -0.2) is 62.2 Å². The summed E-state index contributed by atoms with van der Waals surface area (Å²) in [5.74, 6) is -0.0533. The molecule has 0 aliphatic heterocycles. The van der Waals surface area contributed by atoms with Crippen molar-refractivity contribution in [2.24, 2.45) is 0 Å². The first-order valence-electron chi connectivity index (χ1n) is 5.50. The lowest BCUT2D eigenvalue weighted by Crippen LogP contribution is -2.25. The lowest BCUT2D eigenvalue weighted by Gasteiger charge is -2.11. The summed E-state index contributed by atoms with van der Waals surface area (Å²) in [6.07, 6.45) is 0. The second-order valence-corrected chi connectivity index (χ2v) is 3.25. The van der Waals surface area contributed by atoms with Gasteiger partial charge < -0.3 is 20.0 Å². The second-order valence-electron chi connectivity index (χ2n) is 3.25. The van der Waals surface area contributed by atoms with Crippen molar-refractivity contribution in [1.29, 1.82) is 0 Å². The Balaban J connectivity index is 3.01. The third kappa shape index (κ3) is 11.4. The minimum Gasteiger partial charge on any atom is -0.378 e. The van der Waals surface area contributed by atoms with Gasteiger partial charge in [0.15, 0.2) is 0 Å². The zero-order chi connectivity index (χ0) is 12.2. The number of carbonyl (C=O) groups is 1. The van der Waals surface area contributed by atoms with Gasteiger partial charge in [-0.25, -0.2) is 0 Å². The number of hydrogen-bond acceptors (Lipinski definition) is 5. The van der Waals surface area contributed by atoms with Crippen LogP contribution in [0.2, 0.25) is 0 Å². The molecule has 0 aromatic rings. The van der Waals surface area contributed by atoms with Gasteiger partial charge in [-0.1, -0.05) is 6.92 Å². The summed E-state index contributed by atoms with van der Waals surface area (Å²) >= 11 is 0. The van der Waals surface area contributed by atoms with E-state index in [1.807, 2.05) is 6.92 Å². The highest BCUT2D eigenvalue weighted by Gasteiger charge is 1.96. The van der Waals surface area contributed by atoms with E-state index in [1.54, 1.807) is 0 Å². The molecule has 0 fully saturated rings. The van der Waals surface area contributed by atoms with E-state index >= 15 is 0 Å². The summed E-state index contributed by atoms with van der Waals surface area (Å²) < 4.78 is 10.4. The fraction of sp³-hybridized carbons (Fsp3) is 0.900. The van der Waals surface area contributed by atoms with Crippen LogP contribution in [0.1, 0.15) is 13.8 Å². The molecule has 16 heavy (non-hydrogen) atoms. The maximum absolute atomic E-state index is 10.5. The lowest BCUT2D eigenvalue weighted by atomic mass is 10.6. The van der Waals surface area contributed by atoms with Gasteiger partial charge in [-0.2, -0.15) is 5.06 Å². The Bertz CT molecular complexity index is 178. The molecule has 96 valence electrons. The second kappa shape index (κ2) is 10.8. The molecule has 2 N–H and O–H groups in total. The first-order chi connectivity index (χ1) is 7.66. The van der Waals surface area contributed by atoms with Crippen LogP contribution in [-0.2, 0) is 14.3 Å². The van der Waals surface area contributed by atoms with Crippen molar-refractivity contribution in [3.05, 3.63) is 0 Å². The predicted molar refractivity (Wildman–Crippen MR) is 59.4 cm³/mol. The van der Waals surface area contributed by atoms with Gasteiger partial charge in [-0.15, -0.1) is 0 Å². The molecule has 6 heteroatoms. The molecule has 0 heterocycles. The predicted octanol–water partition coefficient (Wildman–Crippen LogP) is -0.133. The number of likely N-dealkylation sites (N-methyl/N-ethyl adjacent to an activating group) is 1. The molecule has 6 nitrogen and oxygen atoms in total. The molecular formula is C10H22N2O4. The smallest absolute Gasteiger partial charge is 0.216 e. The molecule has 0 bridgehead atoms. The molecule has 0 saturated carbocycles. The van der Waals surface area contributed by atoms with Gasteiger partial charge >= 0.3 is 0 Å². The van der Waals surface area contributed by atoms with Gasteiger partial charge in [0.2, 0.25) is 5.91 Å². The molecule has 0 aliphatic rings. The molecule has 0 atom stereocenters. The van der Waals surface area contributed by atoms with E-state index in [0.717, 1.165) is 0 Å². The number of hydrogen-bond donors (Lipinski definition) is 2. The number of carbonyl (C=O) groups excluding carboxylic acids is 1. The Morgan fingerprint density at radius 1 is 1.25 bits per heavy atom. The minimum absolute atomic E-state index is 0.0533. The Hall–Kier alpha value is -0.690. The fourth-order valence-electron chi connectivity index (χ4n) is 0.949. The summed E-state index contributed by atoms with van der Waals surface area (Å²) in [5.41, 5.74) is 0. The van der Waals surface area contributed by atoms with Gasteiger partial charge in [-0.3, -0.25) is 4.79 Å². The van der Waals surface area contributed by atoms with Gasteiger partial charge in [0.05, 0.1) is 26.4 Å². The van der Waals surface area contributed by atoms with Crippen molar-refractivity contribution >= 4 is 5.91 Å². The Labute approximate surface area is 96.5 Å². The van der Waals surface area contributed by atoms with Gasteiger partial charge in [0, 0.05) is 26.6 Å². The zero-order valence-electron chi connectivity index (χ0n) is 10.1. The van der Waals surface area contributed by atoms with Gasteiger partial charge in [0.1, 0.15) is 0 Å². The number of rotatable bonds is 10. The molecule has 0 rings (SSSR count). The first kappa shape index (κ1) is 15.3. The molecular weight excluding hydrogens is 212 g/mol.